The van der Waals surface area contributed by atoms with Crippen molar-refractivity contribution >= 4 is 17.9 Å². The van der Waals surface area contributed by atoms with Gasteiger partial charge in [-0.25, -0.2) is 0 Å². The van der Waals surface area contributed by atoms with Gasteiger partial charge in [-0.1, -0.05) is 274 Å². The summed E-state index contributed by atoms with van der Waals surface area (Å²) in [4.78, 5) is 38.0. The molecule has 446 valence electrons. The van der Waals surface area contributed by atoms with E-state index in [4.69, 9.17) is 14.2 Å². The number of carbonyl (C=O) groups excluding carboxylic acids is 3. The molecule has 0 N–H and O–H groups in total. The molecule has 0 amide bonds. The summed E-state index contributed by atoms with van der Waals surface area (Å²) in [5, 5.41) is 0. The van der Waals surface area contributed by atoms with Crippen molar-refractivity contribution in [1.29, 1.82) is 0 Å². The van der Waals surface area contributed by atoms with E-state index in [9.17, 15) is 14.4 Å². The van der Waals surface area contributed by atoms with Gasteiger partial charge < -0.3 is 14.2 Å². The lowest BCUT2D eigenvalue weighted by Crippen LogP contribution is -2.30. The molecule has 0 aromatic heterocycles. The van der Waals surface area contributed by atoms with E-state index >= 15 is 0 Å². The second kappa shape index (κ2) is 66.0. The van der Waals surface area contributed by atoms with Crippen LogP contribution in [0.3, 0.4) is 0 Å². The fourth-order valence-electron chi connectivity index (χ4n) is 7.98. The smallest absolute Gasteiger partial charge is 0.306 e. The lowest BCUT2D eigenvalue weighted by Gasteiger charge is -2.18. The third-order valence-corrected chi connectivity index (χ3v) is 12.7. The Morgan fingerprint density at radius 2 is 0.500 bits per heavy atom. The standard InChI is InChI=1S/C74H114O6/c1-4-7-10-13-16-18-20-22-24-26-28-30-32-34-36-37-39-40-42-44-46-48-50-52-54-56-58-61-64-67-73(76)79-70-71(69-78-72(75)66-63-60-15-12-9-6-3)80-74(77)68-65-62-59-57-55-53-51-49-47-45-43-41-38-35-33-31-29-27-25-23-21-19-17-14-11-8-5-2/h7-8,10-11,16-19,22-25,28-31,34-36,38-40,43-46,50,52,56,58,71H,4-6,9,12-15,20-21,26-27,32-33,37,41-42,47-49,51,53-55,57,59-70H2,1-3H3/b10-7-,11-8-,18-16-,19-17-,24-22-,25-23-,30-28-,31-29-,36-34-,38-35-,40-39-,45-43-,46-44-,52-50-,58-56-. The summed E-state index contributed by atoms with van der Waals surface area (Å²) in [5.41, 5.74) is 0. The summed E-state index contributed by atoms with van der Waals surface area (Å²) in [6, 6.07) is 0. The van der Waals surface area contributed by atoms with Gasteiger partial charge >= 0.3 is 17.9 Å². The van der Waals surface area contributed by atoms with E-state index in [0.29, 0.717) is 19.3 Å². The number of ether oxygens (including phenoxy) is 3. The number of hydrogen-bond acceptors (Lipinski definition) is 6. The monoisotopic (exact) mass is 1100 g/mol. The number of carbonyl (C=O) groups is 3. The van der Waals surface area contributed by atoms with Crippen LogP contribution in [0.1, 0.15) is 245 Å². The number of rotatable bonds is 55. The second-order valence-electron chi connectivity index (χ2n) is 20.2. The van der Waals surface area contributed by atoms with Gasteiger partial charge in [-0.05, 0) is 135 Å². The van der Waals surface area contributed by atoms with Crippen molar-refractivity contribution in [2.45, 2.75) is 252 Å². The van der Waals surface area contributed by atoms with Crippen LogP contribution in [0.5, 0.6) is 0 Å². The maximum Gasteiger partial charge on any atom is 0.306 e. The molecule has 0 saturated carbocycles. The molecule has 0 spiro atoms. The zero-order valence-electron chi connectivity index (χ0n) is 51.0. The normalized spacial score (nSPS) is 13.4. The molecule has 0 aromatic carbocycles. The Bertz CT molecular complexity index is 1890. The molecule has 0 fully saturated rings. The molecule has 0 bridgehead atoms. The highest BCUT2D eigenvalue weighted by molar-refractivity contribution is 5.71. The Hall–Kier alpha value is -5.49. The molecule has 0 aliphatic rings. The molecular formula is C74H114O6. The van der Waals surface area contributed by atoms with Crippen molar-refractivity contribution in [3.8, 4) is 0 Å². The highest BCUT2D eigenvalue weighted by atomic mass is 16.6. The van der Waals surface area contributed by atoms with Crippen molar-refractivity contribution in [3.63, 3.8) is 0 Å². The van der Waals surface area contributed by atoms with Crippen LogP contribution in [-0.4, -0.2) is 37.2 Å². The van der Waals surface area contributed by atoms with Crippen LogP contribution in [0.15, 0.2) is 182 Å². The van der Waals surface area contributed by atoms with E-state index in [2.05, 4.69) is 203 Å². The number of unbranched alkanes of at least 4 members (excludes halogenated alkanes) is 14. The Kier molecular flexibility index (Phi) is 61.5. The summed E-state index contributed by atoms with van der Waals surface area (Å²) in [7, 11) is 0. The summed E-state index contributed by atoms with van der Waals surface area (Å²) >= 11 is 0. The third kappa shape index (κ3) is 63.3. The molecule has 0 radical (unpaired) electrons. The fraction of sp³-hybridized carbons (Fsp3) is 0.554. The van der Waals surface area contributed by atoms with Crippen LogP contribution >= 0.6 is 0 Å². The summed E-state index contributed by atoms with van der Waals surface area (Å²) in [5.74, 6) is -0.998. The minimum Gasteiger partial charge on any atom is -0.462 e. The van der Waals surface area contributed by atoms with E-state index in [-0.39, 0.29) is 37.5 Å². The van der Waals surface area contributed by atoms with E-state index < -0.39 is 6.10 Å². The average molecular weight is 1100 g/mol. The molecule has 0 aliphatic heterocycles. The summed E-state index contributed by atoms with van der Waals surface area (Å²) in [6.07, 6.45) is 99.3. The van der Waals surface area contributed by atoms with Gasteiger partial charge in [0.25, 0.3) is 0 Å². The molecule has 0 heterocycles. The van der Waals surface area contributed by atoms with Gasteiger partial charge in [0.2, 0.25) is 0 Å². The second-order valence-corrected chi connectivity index (χ2v) is 20.2. The van der Waals surface area contributed by atoms with Crippen molar-refractivity contribution in [1.82, 2.24) is 0 Å². The van der Waals surface area contributed by atoms with Crippen molar-refractivity contribution in [2.75, 3.05) is 13.2 Å². The summed E-state index contributed by atoms with van der Waals surface area (Å²) in [6.45, 7) is 6.28. The molecule has 0 rings (SSSR count). The van der Waals surface area contributed by atoms with Gasteiger partial charge in [0.05, 0.1) is 0 Å². The van der Waals surface area contributed by atoms with Crippen LogP contribution in [-0.2, 0) is 28.6 Å². The molecule has 80 heavy (non-hydrogen) atoms. The van der Waals surface area contributed by atoms with Crippen molar-refractivity contribution < 1.29 is 28.6 Å². The van der Waals surface area contributed by atoms with Crippen LogP contribution in [0.2, 0.25) is 0 Å². The molecule has 0 aliphatic carbocycles. The van der Waals surface area contributed by atoms with Gasteiger partial charge in [-0.3, -0.25) is 14.4 Å². The fourth-order valence-corrected chi connectivity index (χ4v) is 7.98. The number of esters is 3. The molecular weight excluding hydrogens is 985 g/mol. The Morgan fingerprint density at radius 3 is 0.812 bits per heavy atom. The van der Waals surface area contributed by atoms with E-state index in [1.165, 1.54) is 51.4 Å². The Morgan fingerprint density at radius 1 is 0.263 bits per heavy atom. The van der Waals surface area contributed by atoms with E-state index in [1.807, 2.05) is 0 Å². The van der Waals surface area contributed by atoms with Crippen molar-refractivity contribution in [3.05, 3.63) is 182 Å². The first-order valence-electron chi connectivity index (χ1n) is 31.8. The Labute approximate surface area is 491 Å². The summed E-state index contributed by atoms with van der Waals surface area (Å²) < 4.78 is 16.7. The lowest BCUT2D eigenvalue weighted by molar-refractivity contribution is -0.167. The largest absolute Gasteiger partial charge is 0.462 e. The first-order chi connectivity index (χ1) is 39.5. The quantitative estimate of drug-likeness (QED) is 0.0261. The van der Waals surface area contributed by atoms with E-state index in [1.54, 1.807) is 0 Å². The van der Waals surface area contributed by atoms with E-state index in [0.717, 1.165) is 148 Å². The first kappa shape index (κ1) is 74.5. The van der Waals surface area contributed by atoms with Gasteiger partial charge in [-0.15, -0.1) is 0 Å². The number of allylic oxidation sites excluding steroid dienone is 30. The van der Waals surface area contributed by atoms with Crippen LogP contribution in [0.4, 0.5) is 0 Å². The Balaban J connectivity index is 4.28. The molecule has 0 aromatic rings. The lowest BCUT2D eigenvalue weighted by atomic mass is 10.1. The SMILES string of the molecule is CC/C=C\C/C=C\C/C=C\C/C=C\C/C=C\C/C=C\C/C=C\C/C=C\C/C=C\CCCC(=O)OCC(COC(=O)CCCCCCCC)OC(=O)CCCCCCCCCC/C=C\C/C=C\C/C=C\C/C=C\C/C=C\C/C=C\CC. The maximum absolute atomic E-state index is 12.8. The highest BCUT2D eigenvalue weighted by Crippen LogP contribution is 2.14. The van der Waals surface area contributed by atoms with Crippen molar-refractivity contribution in [2.24, 2.45) is 0 Å². The maximum atomic E-state index is 12.8. The molecule has 0 saturated heterocycles. The van der Waals surface area contributed by atoms with Gasteiger partial charge in [0.1, 0.15) is 13.2 Å². The predicted octanol–water partition coefficient (Wildman–Crippen LogP) is 22.0. The zero-order chi connectivity index (χ0) is 57.8. The minimum atomic E-state index is -0.814. The van der Waals surface area contributed by atoms with Gasteiger partial charge in [-0.2, -0.15) is 0 Å². The zero-order valence-corrected chi connectivity index (χ0v) is 51.0. The molecule has 6 nitrogen and oxygen atoms in total. The topological polar surface area (TPSA) is 78.9 Å². The van der Waals surface area contributed by atoms with Gasteiger partial charge in [0, 0.05) is 19.3 Å². The van der Waals surface area contributed by atoms with Crippen LogP contribution in [0.25, 0.3) is 0 Å². The first-order valence-corrected chi connectivity index (χ1v) is 31.8. The van der Waals surface area contributed by atoms with Gasteiger partial charge in [0.15, 0.2) is 6.10 Å². The van der Waals surface area contributed by atoms with Crippen LogP contribution in [0, 0.1) is 0 Å². The molecule has 1 unspecified atom stereocenters. The minimum absolute atomic E-state index is 0.108. The third-order valence-electron chi connectivity index (χ3n) is 12.7. The molecule has 6 heteroatoms. The predicted molar refractivity (Wildman–Crippen MR) is 348 cm³/mol. The highest BCUT2D eigenvalue weighted by Gasteiger charge is 2.19. The molecule has 1 atom stereocenters. The number of hydrogen-bond donors (Lipinski definition) is 0. The average Bonchev–Trinajstić information content (AvgIpc) is 3.46. The van der Waals surface area contributed by atoms with Crippen LogP contribution < -0.4 is 0 Å².